The minimum atomic E-state index is -0.985. The first-order valence-electron chi connectivity index (χ1n) is 5.69. The van der Waals surface area contributed by atoms with Crippen LogP contribution in [-0.2, 0) is 9.53 Å². The SMILES string of the molecule is COc1cccc(NC(C)(C(N)=O)C(C)OC)c1. The van der Waals surface area contributed by atoms with Gasteiger partial charge in [0.1, 0.15) is 11.3 Å². The van der Waals surface area contributed by atoms with Crippen LogP contribution in [0.15, 0.2) is 24.3 Å². The molecule has 0 aliphatic rings. The van der Waals surface area contributed by atoms with Crippen molar-refractivity contribution < 1.29 is 14.3 Å². The summed E-state index contributed by atoms with van der Waals surface area (Å²) in [6.45, 7) is 3.50. The van der Waals surface area contributed by atoms with Gasteiger partial charge in [-0.1, -0.05) is 6.07 Å². The minimum absolute atomic E-state index is 0.360. The number of primary amides is 1. The molecule has 0 aliphatic heterocycles. The van der Waals surface area contributed by atoms with Crippen LogP contribution in [0.5, 0.6) is 5.75 Å². The third-order valence-electron chi connectivity index (χ3n) is 3.15. The number of carbonyl (C=O) groups is 1. The van der Waals surface area contributed by atoms with Gasteiger partial charge in [-0.05, 0) is 26.0 Å². The van der Waals surface area contributed by atoms with Crippen molar-refractivity contribution in [2.45, 2.75) is 25.5 Å². The summed E-state index contributed by atoms with van der Waals surface area (Å²) in [6.07, 6.45) is -0.360. The molecule has 0 bridgehead atoms. The highest BCUT2D eigenvalue weighted by molar-refractivity contribution is 5.88. The molecule has 1 rings (SSSR count). The maximum atomic E-state index is 11.6. The number of benzene rings is 1. The number of hydrogen-bond acceptors (Lipinski definition) is 4. The van der Waals surface area contributed by atoms with E-state index in [2.05, 4.69) is 5.32 Å². The molecule has 100 valence electrons. The maximum absolute atomic E-state index is 11.6. The van der Waals surface area contributed by atoms with Gasteiger partial charge >= 0.3 is 0 Å². The first-order valence-corrected chi connectivity index (χ1v) is 5.69. The highest BCUT2D eigenvalue weighted by atomic mass is 16.5. The van der Waals surface area contributed by atoms with E-state index in [0.29, 0.717) is 5.75 Å². The van der Waals surface area contributed by atoms with Crippen LogP contribution >= 0.6 is 0 Å². The zero-order valence-corrected chi connectivity index (χ0v) is 11.2. The lowest BCUT2D eigenvalue weighted by Gasteiger charge is -2.33. The molecule has 0 saturated heterocycles. The van der Waals surface area contributed by atoms with Gasteiger partial charge in [0, 0.05) is 18.9 Å². The van der Waals surface area contributed by atoms with Crippen LogP contribution in [0, 0.1) is 0 Å². The van der Waals surface area contributed by atoms with Gasteiger partial charge in [-0.2, -0.15) is 0 Å². The zero-order valence-electron chi connectivity index (χ0n) is 11.2. The summed E-state index contributed by atoms with van der Waals surface area (Å²) in [5.74, 6) is 0.233. The normalized spacial score (nSPS) is 15.6. The second kappa shape index (κ2) is 5.73. The molecule has 0 spiro atoms. The first-order chi connectivity index (χ1) is 8.43. The van der Waals surface area contributed by atoms with Gasteiger partial charge < -0.3 is 20.5 Å². The fraction of sp³-hybridized carbons (Fsp3) is 0.462. The number of rotatable bonds is 6. The van der Waals surface area contributed by atoms with Crippen LogP contribution in [0.2, 0.25) is 0 Å². The highest BCUT2D eigenvalue weighted by Crippen LogP contribution is 2.23. The number of amides is 1. The molecule has 0 saturated carbocycles. The Morgan fingerprint density at radius 2 is 2.11 bits per heavy atom. The maximum Gasteiger partial charge on any atom is 0.245 e. The number of nitrogens with two attached hydrogens (primary N) is 1. The van der Waals surface area contributed by atoms with E-state index >= 15 is 0 Å². The lowest BCUT2D eigenvalue weighted by atomic mass is 9.94. The van der Waals surface area contributed by atoms with Gasteiger partial charge in [0.25, 0.3) is 0 Å². The van der Waals surface area contributed by atoms with Crippen LogP contribution in [-0.4, -0.2) is 31.8 Å². The van der Waals surface area contributed by atoms with E-state index in [1.807, 2.05) is 18.2 Å². The number of nitrogens with one attached hydrogen (secondary N) is 1. The molecule has 0 heterocycles. The summed E-state index contributed by atoms with van der Waals surface area (Å²) in [4.78, 5) is 11.6. The Bertz CT molecular complexity index is 422. The molecule has 0 fully saturated rings. The van der Waals surface area contributed by atoms with Crippen molar-refractivity contribution in [3.05, 3.63) is 24.3 Å². The Morgan fingerprint density at radius 3 is 2.61 bits per heavy atom. The average Bonchev–Trinajstić information content (AvgIpc) is 2.37. The van der Waals surface area contributed by atoms with Crippen molar-refractivity contribution in [2.24, 2.45) is 5.73 Å². The van der Waals surface area contributed by atoms with Gasteiger partial charge in [0.05, 0.1) is 13.2 Å². The fourth-order valence-corrected chi connectivity index (χ4v) is 1.60. The molecule has 2 atom stereocenters. The third kappa shape index (κ3) is 2.92. The average molecular weight is 252 g/mol. The van der Waals surface area contributed by atoms with E-state index in [0.717, 1.165) is 5.69 Å². The summed E-state index contributed by atoms with van der Waals surface area (Å²) in [5.41, 5.74) is 5.22. The zero-order chi connectivity index (χ0) is 13.8. The number of hydrogen-bond donors (Lipinski definition) is 2. The Balaban J connectivity index is 3.00. The van der Waals surface area contributed by atoms with Crippen molar-refractivity contribution >= 4 is 11.6 Å². The van der Waals surface area contributed by atoms with Crippen molar-refractivity contribution in [1.82, 2.24) is 0 Å². The molecule has 1 aromatic carbocycles. The van der Waals surface area contributed by atoms with E-state index in [9.17, 15) is 4.79 Å². The second-order valence-corrected chi connectivity index (χ2v) is 4.30. The third-order valence-corrected chi connectivity index (χ3v) is 3.15. The summed E-state index contributed by atoms with van der Waals surface area (Å²) in [5, 5.41) is 3.10. The number of carbonyl (C=O) groups excluding carboxylic acids is 1. The Kier molecular flexibility index (Phi) is 4.55. The molecule has 5 nitrogen and oxygen atoms in total. The van der Waals surface area contributed by atoms with Gasteiger partial charge in [-0.15, -0.1) is 0 Å². The molecule has 0 radical (unpaired) electrons. The van der Waals surface area contributed by atoms with Crippen LogP contribution in [0.25, 0.3) is 0 Å². The standard InChI is InChI=1S/C13H20N2O3/c1-9(17-3)13(2,12(14)16)15-10-6-5-7-11(8-10)18-4/h5-9,15H,1-4H3,(H2,14,16). The summed E-state index contributed by atoms with van der Waals surface area (Å²) in [7, 11) is 3.13. The molecule has 5 heteroatoms. The van der Waals surface area contributed by atoms with Crippen LogP contribution < -0.4 is 15.8 Å². The molecular weight excluding hydrogens is 232 g/mol. The molecule has 0 aliphatic carbocycles. The molecule has 2 unspecified atom stereocenters. The van der Waals surface area contributed by atoms with E-state index < -0.39 is 11.4 Å². The van der Waals surface area contributed by atoms with E-state index in [1.165, 1.54) is 0 Å². The monoisotopic (exact) mass is 252 g/mol. The molecule has 0 aromatic heterocycles. The summed E-state index contributed by atoms with van der Waals surface area (Å²) >= 11 is 0. The van der Waals surface area contributed by atoms with Gasteiger partial charge in [0.2, 0.25) is 5.91 Å². The van der Waals surface area contributed by atoms with E-state index in [-0.39, 0.29) is 6.10 Å². The predicted molar refractivity (Wildman–Crippen MR) is 70.7 cm³/mol. The van der Waals surface area contributed by atoms with Crippen molar-refractivity contribution in [3.63, 3.8) is 0 Å². The van der Waals surface area contributed by atoms with E-state index in [1.54, 1.807) is 34.1 Å². The fourth-order valence-electron chi connectivity index (χ4n) is 1.60. The summed E-state index contributed by atoms with van der Waals surface area (Å²) in [6, 6.07) is 7.29. The van der Waals surface area contributed by atoms with Gasteiger partial charge in [-0.25, -0.2) is 0 Å². The topological polar surface area (TPSA) is 73.6 Å². The highest BCUT2D eigenvalue weighted by Gasteiger charge is 2.37. The largest absolute Gasteiger partial charge is 0.497 e. The van der Waals surface area contributed by atoms with Crippen molar-refractivity contribution in [3.8, 4) is 5.75 Å². The molecule has 3 N–H and O–H groups in total. The summed E-state index contributed by atoms with van der Waals surface area (Å²) < 4.78 is 10.3. The van der Waals surface area contributed by atoms with Crippen LogP contribution in [0.3, 0.4) is 0 Å². The lowest BCUT2D eigenvalue weighted by molar-refractivity contribution is -0.125. The number of methoxy groups -OCH3 is 2. The smallest absolute Gasteiger partial charge is 0.245 e. The van der Waals surface area contributed by atoms with Crippen LogP contribution in [0.4, 0.5) is 5.69 Å². The number of anilines is 1. The Hall–Kier alpha value is -1.75. The number of ether oxygens (including phenoxy) is 2. The van der Waals surface area contributed by atoms with Crippen molar-refractivity contribution in [2.75, 3.05) is 19.5 Å². The lowest BCUT2D eigenvalue weighted by Crippen LogP contribution is -2.56. The molecule has 1 aromatic rings. The van der Waals surface area contributed by atoms with E-state index in [4.69, 9.17) is 15.2 Å². The molecule has 1 amide bonds. The first kappa shape index (κ1) is 14.3. The molecular formula is C13H20N2O3. The Morgan fingerprint density at radius 1 is 1.44 bits per heavy atom. The predicted octanol–water partition coefficient (Wildman–Crippen LogP) is 1.39. The van der Waals surface area contributed by atoms with Gasteiger partial charge in [0.15, 0.2) is 0 Å². The second-order valence-electron chi connectivity index (χ2n) is 4.30. The quantitative estimate of drug-likeness (QED) is 0.802. The minimum Gasteiger partial charge on any atom is -0.497 e. The Labute approximate surface area is 107 Å². The molecule has 18 heavy (non-hydrogen) atoms. The van der Waals surface area contributed by atoms with Crippen molar-refractivity contribution in [1.29, 1.82) is 0 Å². The van der Waals surface area contributed by atoms with Crippen LogP contribution in [0.1, 0.15) is 13.8 Å². The van der Waals surface area contributed by atoms with Gasteiger partial charge in [-0.3, -0.25) is 4.79 Å².